The first-order chi connectivity index (χ1) is 14.9. The van der Waals surface area contributed by atoms with Crippen LogP contribution in [0.1, 0.15) is 10.4 Å². The van der Waals surface area contributed by atoms with Crippen LogP contribution in [0.15, 0.2) is 72.8 Å². The van der Waals surface area contributed by atoms with Crippen LogP contribution in [0.2, 0.25) is 0 Å². The Morgan fingerprint density at radius 1 is 0.839 bits per heavy atom. The van der Waals surface area contributed by atoms with Gasteiger partial charge in [0.15, 0.2) is 6.61 Å². The van der Waals surface area contributed by atoms with Crippen molar-refractivity contribution < 1.29 is 27.9 Å². The minimum Gasteiger partial charge on any atom is -0.454 e. The molecule has 3 rings (SSSR count). The van der Waals surface area contributed by atoms with E-state index < -0.39 is 42.6 Å². The van der Waals surface area contributed by atoms with Crippen LogP contribution in [-0.4, -0.2) is 30.9 Å². The minimum absolute atomic E-state index is 0.354. The molecule has 0 spiro atoms. The second-order valence-electron chi connectivity index (χ2n) is 6.46. The zero-order valence-corrected chi connectivity index (χ0v) is 16.2. The first kappa shape index (κ1) is 21.6. The molecule has 6 nitrogen and oxygen atoms in total. The molecule has 0 aliphatic heterocycles. The Bertz CT molecular complexity index is 1090. The summed E-state index contributed by atoms with van der Waals surface area (Å²) in [6, 6.07) is 19.0. The van der Waals surface area contributed by atoms with Crippen LogP contribution in [0, 0.1) is 11.6 Å². The van der Waals surface area contributed by atoms with Crippen LogP contribution in [-0.2, 0) is 14.3 Å². The third kappa shape index (κ3) is 6.20. The molecule has 0 aliphatic rings. The highest BCUT2D eigenvalue weighted by atomic mass is 19.1. The van der Waals surface area contributed by atoms with E-state index in [1.165, 1.54) is 0 Å². The van der Waals surface area contributed by atoms with Crippen molar-refractivity contribution in [3.8, 4) is 11.1 Å². The molecule has 0 unspecified atom stereocenters. The summed E-state index contributed by atoms with van der Waals surface area (Å²) in [6.07, 6.45) is 0. The van der Waals surface area contributed by atoms with Crippen molar-refractivity contribution in [1.29, 1.82) is 0 Å². The Balaban J connectivity index is 1.44. The lowest BCUT2D eigenvalue weighted by atomic mass is 10.0. The Morgan fingerprint density at radius 2 is 1.52 bits per heavy atom. The molecule has 2 N–H and O–H groups in total. The molecule has 3 aromatic carbocycles. The number of rotatable bonds is 7. The van der Waals surface area contributed by atoms with Gasteiger partial charge in [-0.2, -0.15) is 0 Å². The molecule has 158 valence electrons. The highest BCUT2D eigenvalue weighted by molar-refractivity contribution is 5.97. The number of nitrogens with one attached hydrogen (secondary N) is 2. The van der Waals surface area contributed by atoms with E-state index in [2.05, 4.69) is 10.6 Å². The van der Waals surface area contributed by atoms with Gasteiger partial charge in [-0.1, -0.05) is 42.5 Å². The molecule has 0 aliphatic carbocycles. The normalized spacial score (nSPS) is 10.3. The van der Waals surface area contributed by atoms with Crippen molar-refractivity contribution in [2.45, 2.75) is 0 Å². The molecule has 0 saturated heterocycles. The maximum Gasteiger partial charge on any atom is 0.325 e. The van der Waals surface area contributed by atoms with Gasteiger partial charge in [0.05, 0.1) is 5.69 Å². The molecule has 0 fully saturated rings. The Kier molecular flexibility index (Phi) is 7.05. The zero-order chi connectivity index (χ0) is 22.2. The molecule has 2 amide bonds. The Hall–Kier alpha value is -4.07. The van der Waals surface area contributed by atoms with Crippen molar-refractivity contribution in [2.75, 3.05) is 18.5 Å². The maximum absolute atomic E-state index is 13.5. The van der Waals surface area contributed by atoms with Gasteiger partial charge in [0.2, 0.25) is 0 Å². The van der Waals surface area contributed by atoms with E-state index in [-0.39, 0.29) is 5.69 Å². The van der Waals surface area contributed by atoms with E-state index in [4.69, 9.17) is 4.74 Å². The number of hydrogen-bond acceptors (Lipinski definition) is 4. The van der Waals surface area contributed by atoms with E-state index in [1.807, 2.05) is 30.3 Å². The van der Waals surface area contributed by atoms with Crippen LogP contribution in [0.25, 0.3) is 11.1 Å². The van der Waals surface area contributed by atoms with Crippen molar-refractivity contribution in [3.05, 3.63) is 90.0 Å². The second-order valence-corrected chi connectivity index (χ2v) is 6.46. The Labute approximate surface area is 176 Å². The maximum atomic E-state index is 13.5. The number of halogens is 2. The van der Waals surface area contributed by atoms with Crippen molar-refractivity contribution in [2.24, 2.45) is 0 Å². The van der Waals surface area contributed by atoms with Crippen LogP contribution >= 0.6 is 0 Å². The van der Waals surface area contributed by atoms with E-state index in [9.17, 15) is 23.2 Å². The summed E-state index contributed by atoms with van der Waals surface area (Å²) in [6.45, 7) is -1.17. The predicted octanol–water partition coefficient (Wildman–Crippen LogP) is 3.54. The molecular formula is C23H18F2N2O4. The fourth-order valence-corrected chi connectivity index (χ4v) is 2.68. The number of benzene rings is 3. The second kappa shape index (κ2) is 10.1. The first-order valence-corrected chi connectivity index (χ1v) is 9.26. The van der Waals surface area contributed by atoms with E-state index in [1.54, 1.807) is 24.3 Å². The van der Waals surface area contributed by atoms with Crippen molar-refractivity contribution in [1.82, 2.24) is 5.32 Å². The van der Waals surface area contributed by atoms with Gasteiger partial charge in [-0.15, -0.1) is 0 Å². The third-order valence-electron chi connectivity index (χ3n) is 4.21. The number of carbonyl (C=O) groups is 3. The lowest BCUT2D eigenvalue weighted by Gasteiger charge is -2.09. The third-order valence-corrected chi connectivity index (χ3v) is 4.21. The quantitative estimate of drug-likeness (QED) is 0.569. The molecule has 3 aromatic rings. The summed E-state index contributed by atoms with van der Waals surface area (Å²) >= 11 is 0. The van der Waals surface area contributed by atoms with Gasteiger partial charge >= 0.3 is 5.97 Å². The van der Waals surface area contributed by atoms with Crippen molar-refractivity contribution in [3.63, 3.8) is 0 Å². The molecule has 0 atom stereocenters. The van der Waals surface area contributed by atoms with E-state index in [0.717, 1.165) is 29.3 Å². The van der Waals surface area contributed by atoms with Gasteiger partial charge in [-0.05, 0) is 35.4 Å². The Morgan fingerprint density at radius 3 is 2.23 bits per heavy atom. The summed E-state index contributed by atoms with van der Waals surface area (Å²) in [5.74, 6) is -3.74. The summed E-state index contributed by atoms with van der Waals surface area (Å²) in [5.41, 5.74) is 1.94. The largest absolute Gasteiger partial charge is 0.454 e. The molecule has 8 heteroatoms. The molecule has 0 bridgehead atoms. The number of ether oxygens (including phenoxy) is 1. The zero-order valence-electron chi connectivity index (χ0n) is 16.2. The minimum atomic E-state index is -0.857. The molecule has 0 saturated carbocycles. The van der Waals surface area contributed by atoms with Gasteiger partial charge in [-0.25, -0.2) is 8.78 Å². The number of amides is 2. The van der Waals surface area contributed by atoms with Crippen LogP contribution in [0.5, 0.6) is 0 Å². The number of esters is 1. The van der Waals surface area contributed by atoms with Gasteiger partial charge in [0, 0.05) is 11.6 Å². The van der Waals surface area contributed by atoms with Crippen molar-refractivity contribution >= 4 is 23.5 Å². The lowest BCUT2D eigenvalue weighted by Crippen LogP contribution is -2.32. The summed E-state index contributed by atoms with van der Waals surface area (Å²) in [5, 5.41) is 4.49. The predicted molar refractivity (Wildman–Crippen MR) is 110 cm³/mol. The van der Waals surface area contributed by atoms with Gasteiger partial charge in [-0.3, -0.25) is 14.4 Å². The van der Waals surface area contributed by atoms with Gasteiger partial charge < -0.3 is 15.4 Å². The van der Waals surface area contributed by atoms with Gasteiger partial charge in [0.1, 0.15) is 18.2 Å². The van der Waals surface area contributed by atoms with Crippen LogP contribution in [0.3, 0.4) is 0 Å². The fraction of sp³-hybridized carbons (Fsp3) is 0.0870. The number of hydrogen-bond donors (Lipinski definition) is 2. The lowest BCUT2D eigenvalue weighted by molar-refractivity contribution is -0.146. The van der Waals surface area contributed by atoms with Crippen LogP contribution in [0.4, 0.5) is 14.5 Å². The van der Waals surface area contributed by atoms with E-state index >= 15 is 0 Å². The first-order valence-electron chi connectivity index (χ1n) is 9.26. The highest BCUT2D eigenvalue weighted by Crippen LogP contribution is 2.19. The molecule has 0 heterocycles. The SMILES string of the molecule is O=C(COC(=O)CNC(=O)c1ccc(-c2ccccc2)cc1)Nc1cc(F)ccc1F. The fourth-order valence-electron chi connectivity index (χ4n) is 2.68. The molecule has 0 aromatic heterocycles. The molecular weight excluding hydrogens is 406 g/mol. The highest BCUT2D eigenvalue weighted by Gasteiger charge is 2.13. The topological polar surface area (TPSA) is 84.5 Å². The number of carbonyl (C=O) groups excluding carboxylic acids is 3. The van der Waals surface area contributed by atoms with Gasteiger partial charge in [0.25, 0.3) is 11.8 Å². The van der Waals surface area contributed by atoms with E-state index in [0.29, 0.717) is 5.56 Å². The number of anilines is 1. The standard InChI is InChI=1S/C23H18F2N2O4/c24-18-10-11-19(25)20(12-18)27-21(28)14-31-22(29)13-26-23(30)17-8-6-16(7-9-17)15-4-2-1-3-5-15/h1-12H,13-14H2,(H,26,30)(H,27,28). The average molecular weight is 424 g/mol. The molecule has 0 radical (unpaired) electrons. The smallest absolute Gasteiger partial charge is 0.325 e. The monoisotopic (exact) mass is 424 g/mol. The molecule has 31 heavy (non-hydrogen) atoms. The average Bonchev–Trinajstić information content (AvgIpc) is 2.79. The summed E-state index contributed by atoms with van der Waals surface area (Å²) in [7, 11) is 0. The summed E-state index contributed by atoms with van der Waals surface area (Å²) < 4.78 is 31.3. The summed E-state index contributed by atoms with van der Waals surface area (Å²) in [4.78, 5) is 35.6. The van der Waals surface area contributed by atoms with Crippen LogP contribution < -0.4 is 10.6 Å².